The lowest BCUT2D eigenvalue weighted by molar-refractivity contribution is -0.727. The van der Waals surface area contributed by atoms with Crippen LogP contribution in [0.2, 0.25) is 0 Å². The molecule has 0 spiro atoms. The van der Waals surface area contributed by atoms with Crippen molar-refractivity contribution in [2.24, 2.45) is 0 Å². The molecule has 0 aliphatic heterocycles. The monoisotopic (exact) mass is 364 g/mol. The highest BCUT2D eigenvalue weighted by molar-refractivity contribution is 5.87. The van der Waals surface area contributed by atoms with Gasteiger partial charge >= 0.3 is 0 Å². The number of non-ortho nitro benzene ring substituents is 1. The van der Waals surface area contributed by atoms with Gasteiger partial charge in [0.25, 0.3) is 5.69 Å². The minimum Gasteiger partial charge on any atom is -0.353 e. The number of benzene rings is 2. The standard InChI is InChI=1S/C22H25N3O2/c1-15(10-11-16-6-3-2-4-7-16)23-21-9-5-8-18-19-14-17(25(26)27)12-13-20(19)24-22(18)21/h2-4,6-7,12-15,21,23-24H,5,8-11H2,1H3/p+1/t15-,21-/m0/s1. The molecule has 2 atom stereocenters. The summed E-state index contributed by atoms with van der Waals surface area (Å²) in [6.07, 6.45) is 5.52. The van der Waals surface area contributed by atoms with Gasteiger partial charge in [-0.25, -0.2) is 0 Å². The number of aromatic nitrogens is 1. The van der Waals surface area contributed by atoms with Crippen molar-refractivity contribution < 1.29 is 10.2 Å². The van der Waals surface area contributed by atoms with Gasteiger partial charge < -0.3 is 10.3 Å². The number of hydrogen-bond acceptors (Lipinski definition) is 2. The number of nitro groups is 1. The van der Waals surface area contributed by atoms with E-state index in [0.29, 0.717) is 12.1 Å². The van der Waals surface area contributed by atoms with E-state index in [4.69, 9.17) is 0 Å². The molecule has 2 aromatic carbocycles. The number of rotatable bonds is 6. The third-order valence-electron chi connectivity index (χ3n) is 5.74. The molecule has 140 valence electrons. The zero-order valence-electron chi connectivity index (χ0n) is 15.7. The van der Waals surface area contributed by atoms with Crippen molar-refractivity contribution in [2.45, 2.75) is 51.1 Å². The molecule has 3 N–H and O–H groups in total. The van der Waals surface area contributed by atoms with Gasteiger partial charge in [0.05, 0.1) is 16.7 Å². The Morgan fingerprint density at radius 2 is 2.07 bits per heavy atom. The lowest BCUT2D eigenvalue weighted by Crippen LogP contribution is -2.90. The Labute approximate surface area is 158 Å². The van der Waals surface area contributed by atoms with E-state index in [1.54, 1.807) is 12.1 Å². The van der Waals surface area contributed by atoms with Crippen molar-refractivity contribution >= 4 is 16.6 Å². The molecule has 0 bridgehead atoms. The van der Waals surface area contributed by atoms with Gasteiger partial charge in [-0.1, -0.05) is 30.3 Å². The van der Waals surface area contributed by atoms with Crippen molar-refractivity contribution in [3.63, 3.8) is 0 Å². The van der Waals surface area contributed by atoms with Crippen LogP contribution in [0.4, 0.5) is 5.69 Å². The Hall–Kier alpha value is -2.66. The summed E-state index contributed by atoms with van der Waals surface area (Å²) in [5.41, 5.74) is 5.12. The van der Waals surface area contributed by atoms with Crippen molar-refractivity contribution in [1.29, 1.82) is 0 Å². The van der Waals surface area contributed by atoms with Gasteiger partial charge in [0.2, 0.25) is 0 Å². The van der Waals surface area contributed by atoms with Crippen LogP contribution in [0.15, 0.2) is 48.5 Å². The van der Waals surface area contributed by atoms with Gasteiger partial charge in [0.1, 0.15) is 6.04 Å². The third-order valence-corrected chi connectivity index (χ3v) is 5.74. The normalized spacial score (nSPS) is 17.6. The minimum atomic E-state index is -0.309. The van der Waals surface area contributed by atoms with E-state index in [2.05, 4.69) is 47.6 Å². The predicted octanol–water partition coefficient (Wildman–Crippen LogP) is 4.04. The molecule has 3 aromatic rings. The van der Waals surface area contributed by atoms with Crippen molar-refractivity contribution in [2.75, 3.05) is 0 Å². The largest absolute Gasteiger partial charge is 0.353 e. The number of nitrogens with one attached hydrogen (secondary N) is 1. The highest BCUT2D eigenvalue weighted by Crippen LogP contribution is 2.34. The number of quaternary nitrogens is 1. The van der Waals surface area contributed by atoms with Gasteiger partial charge in [-0.05, 0) is 43.4 Å². The summed E-state index contributed by atoms with van der Waals surface area (Å²) in [4.78, 5) is 14.4. The maximum absolute atomic E-state index is 11.1. The SMILES string of the molecule is C[C@@H](CCc1ccccc1)[NH2+][C@H]1CCCc2c1[nH]c1ccc([N+](=O)[O-])cc21. The van der Waals surface area contributed by atoms with Crippen LogP contribution in [-0.4, -0.2) is 15.9 Å². The summed E-state index contributed by atoms with van der Waals surface area (Å²) in [5, 5.41) is 14.6. The van der Waals surface area contributed by atoms with Gasteiger partial charge in [-0.15, -0.1) is 0 Å². The molecular weight excluding hydrogens is 338 g/mol. The van der Waals surface area contributed by atoms with E-state index in [0.717, 1.165) is 43.0 Å². The van der Waals surface area contributed by atoms with E-state index in [1.807, 2.05) is 6.07 Å². The number of nitrogens with two attached hydrogens (primary N) is 1. The highest BCUT2D eigenvalue weighted by Gasteiger charge is 2.28. The molecule has 1 aromatic heterocycles. The average molecular weight is 364 g/mol. The molecule has 0 saturated heterocycles. The van der Waals surface area contributed by atoms with Crippen LogP contribution in [0, 0.1) is 10.1 Å². The molecule has 1 heterocycles. The Balaban J connectivity index is 1.51. The Kier molecular flexibility index (Phi) is 4.94. The zero-order chi connectivity index (χ0) is 18.8. The molecule has 0 fully saturated rings. The van der Waals surface area contributed by atoms with Crippen LogP contribution in [0.1, 0.15) is 49.0 Å². The number of nitrogens with zero attached hydrogens (tertiary/aromatic N) is 1. The number of hydrogen-bond donors (Lipinski definition) is 2. The van der Waals surface area contributed by atoms with Crippen LogP contribution in [-0.2, 0) is 12.8 Å². The summed E-state index contributed by atoms with van der Waals surface area (Å²) >= 11 is 0. The number of fused-ring (bicyclic) bond motifs is 3. The summed E-state index contributed by atoms with van der Waals surface area (Å²) in [5.74, 6) is 0. The molecule has 1 aliphatic rings. The molecular formula is C22H26N3O2+. The van der Waals surface area contributed by atoms with E-state index in [-0.39, 0.29) is 10.6 Å². The number of aromatic amines is 1. The van der Waals surface area contributed by atoms with Gasteiger partial charge in [-0.3, -0.25) is 10.1 Å². The first-order valence-corrected chi connectivity index (χ1v) is 9.79. The lowest BCUT2D eigenvalue weighted by Gasteiger charge is -2.24. The van der Waals surface area contributed by atoms with Crippen LogP contribution < -0.4 is 5.32 Å². The summed E-state index contributed by atoms with van der Waals surface area (Å²) in [6, 6.07) is 16.7. The van der Waals surface area contributed by atoms with E-state index < -0.39 is 0 Å². The molecule has 0 saturated carbocycles. The topological polar surface area (TPSA) is 75.5 Å². The molecule has 4 rings (SSSR count). The maximum Gasteiger partial charge on any atom is 0.270 e. The lowest BCUT2D eigenvalue weighted by atomic mass is 9.91. The predicted molar refractivity (Wildman–Crippen MR) is 107 cm³/mol. The van der Waals surface area contributed by atoms with Crippen LogP contribution in [0.5, 0.6) is 0 Å². The third kappa shape index (κ3) is 3.74. The average Bonchev–Trinajstić information content (AvgIpc) is 3.06. The Bertz CT molecular complexity index is 949. The van der Waals surface area contributed by atoms with Gasteiger partial charge in [0.15, 0.2) is 0 Å². The second kappa shape index (κ2) is 7.53. The molecule has 27 heavy (non-hydrogen) atoms. The molecule has 5 nitrogen and oxygen atoms in total. The van der Waals surface area contributed by atoms with Gasteiger partial charge in [0, 0.05) is 35.9 Å². The zero-order valence-corrected chi connectivity index (χ0v) is 15.7. The Morgan fingerprint density at radius 3 is 2.85 bits per heavy atom. The fourth-order valence-corrected chi connectivity index (χ4v) is 4.32. The Morgan fingerprint density at radius 1 is 1.26 bits per heavy atom. The molecule has 5 heteroatoms. The fourth-order valence-electron chi connectivity index (χ4n) is 4.32. The van der Waals surface area contributed by atoms with E-state index in [9.17, 15) is 10.1 Å². The van der Waals surface area contributed by atoms with Crippen LogP contribution in [0.25, 0.3) is 10.9 Å². The van der Waals surface area contributed by atoms with E-state index in [1.165, 1.54) is 16.8 Å². The first-order chi connectivity index (χ1) is 13.1. The molecule has 0 amide bonds. The van der Waals surface area contributed by atoms with Crippen LogP contribution >= 0.6 is 0 Å². The number of nitro benzene ring substituents is 1. The highest BCUT2D eigenvalue weighted by atomic mass is 16.6. The quantitative estimate of drug-likeness (QED) is 0.512. The van der Waals surface area contributed by atoms with Crippen molar-refractivity contribution in [3.8, 4) is 0 Å². The maximum atomic E-state index is 11.1. The number of H-pyrrole nitrogens is 1. The molecule has 1 aliphatic carbocycles. The van der Waals surface area contributed by atoms with Gasteiger partial charge in [-0.2, -0.15) is 0 Å². The second-order valence-corrected chi connectivity index (χ2v) is 7.70. The summed E-state index contributed by atoms with van der Waals surface area (Å²) in [6.45, 7) is 2.30. The minimum absolute atomic E-state index is 0.173. The summed E-state index contributed by atoms with van der Waals surface area (Å²) in [7, 11) is 0. The number of aryl methyl sites for hydroxylation is 2. The van der Waals surface area contributed by atoms with Crippen LogP contribution in [0.3, 0.4) is 0 Å². The molecule has 0 unspecified atom stereocenters. The fraction of sp³-hybridized carbons (Fsp3) is 0.364. The summed E-state index contributed by atoms with van der Waals surface area (Å²) < 4.78 is 0. The first-order valence-electron chi connectivity index (χ1n) is 9.79. The van der Waals surface area contributed by atoms with E-state index >= 15 is 0 Å². The van der Waals surface area contributed by atoms with Crippen molar-refractivity contribution in [3.05, 3.63) is 75.5 Å². The second-order valence-electron chi connectivity index (χ2n) is 7.70. The first kappa shape index (κ1) is 17.7. The smallest absolute Gasteiger partial charge is 0.270 e. The van der Waals surface area contributed by atoms with Crippen molar-refractivity contribution in [1.82, 2.24) is 4.98 Å². The molecule has 0 radical (unpaired) electrons.